The summed E-state index contributed by atoms with van der Waals surface area (Å²) in [6.45, 7) is 1.91. The zero-order valence-electron chi connectivity index (χ0n) is 14.2. The lowest BCUT2D eigenvalue weighted by molar-refractivity contribution is 0.0997. The number of nitrogens with one attached hydrogen (secondary N) is 1. The molecule has 4 rings (SSSR count). The van der Waals surface area contributed by atoms with E-state index in [1.165, 1.54) is 0 Å². The molecule has 0 aliphatic carbocycles. The summed E-state index contributed by atoms with van der Waals surface area (Å²) in [4.78, 5) is 14.9. The van der Waals surface area contributed by atoms with E-state index in [1.807, 2.05) is 85.8 Å². The molecule has 4 heteroatoms. The number of rotatable bonds is 4. The third-order valence-corrected chi connectivity index (χ3v) is 5.24. The van der Waals surface area contributed by atoms with E-state index in [4.69, 9.17) is 4.42 Å². The molecular weight excluding hydrogens is 342 g/mol. The molecule has 0 spiro atoms. The van der Waals surface area contributed by atoms with E-state index in [0.717, 1.165) is 32.0 Å². The highest BCUT2D eigenvalue weighted by Crippen LogP contribution is 2.34. The molecule has 0 atom stereocenters. The topological polar surface area (TPSA) is 42.2 Å². The van der Waals surface area contributed by atoms with Crippen LogP contribution in [0.4, 0.5) is 5.69 Å². The average Bonchev–Trinajstić information content (AvgIpc) is 3.01. The van der Waals surface area contributed by atoms with E-state index < -0.39 is 0 Å². The Morgan fingerprint density at radius 2 is 1.58 bits per heavy atom. The van der Waals surface area contributed by atoms with Crippen LogP contribution in [0, 0.1) is 6.92 Å². The van der Waals surface area contributed by atoms with E-state index >= 15 is 0 Å². The fourth-order valence-electron chi connectivity index (χ4n) is 2.84. The first-order valence-corrected chi connectivity index (χ1v) is 9.15. The number of furan rings is 1. The quantitative estimate of drug-likeness (QED) is 0.475. The molecule has 4 aromatic rings. The lowest BCUT2D eigenvalue weighted by Gasteiger charge is -2.10. The summed E-state index contributed by atoms with van der Waals surface area (Å²) in [5.41, 5.74) is 2.35. The molecule has 0 aliphatic rings. The van der Waals surface area contributed by atoms with Crippen molar-refractivity contribution in [1.82, 2.24) is 0 Å². The number of carbonyl (C=O) groups excluding carboxylic acids is 1. The lowest BCUT2D eigenvalue weighted by atomic mass is 10.1. The van der Waals surface area contributed by atoms with E-state index in [9.17, 15) is 4.79 Å². The molecule has 26 heavy (non-hydrogen) atoms. The minimum absolute atomic E-state index is 0.236. The Bertz CT molecular complexity index is 1070. The minimum Gasteiger partial charge on any atom is -0.451 e. The number of hydrogen-bond acceptors (Lipinski definition) is 3. The van der Waals surface area contributed by atoms with Crippen LogP contribution in [0.15, 0.2) is 93.1 Å². The van der Waals surface area contributed by atoms with Crippen molar-refractivity contribution in [2.45, 2.75) is 16.7 Å². The summed E-state index contributed by atoms with van der Waals surface area (Å²) in [5, 5.41) is 3.96. The Hall–Kier alpha value is -2.98. The summed E-state index contributed by atoms with van der Waals surface area (Å²) in [5.74, 6) is 0.116. The second kappa shape index (κ2) is 7.10. The van der Waals surface area contributed by atoms with Crippen LogP contribution in [-0.2, 0) is 0 Å². The number of fused-ring (bicyclic) bond motifs is 1. The van der Waals surface area contributed by atoms with Crippen molar-refractivity contribution < 1.29 is 9.21 Å². The first kappa shape index (κ1) is 16.5. The summed E-state index contributed by atoms with van der Waals surface area (Å²) >= 11 is 1.62. The fraction of sp³-hybridized carbons (Fsp3) is 0.0455. The maximum Gasteiger partial charge on any atom is 0.291 e. The van der Waals surface area contributed by atoms with Crippen LogP contribution in [-0.4, -0.2) is 5.91 Å². The molecule has 0 aliphatic heterocycles. The van der Waals surface area contributed by atoms with Crippen LogP contribution in [0.3, 0.4) is 0 Å². The van der Waals surface area contributed by atoms with Gasteiger partial charge < -0.3 is 9.73 Å². The number of hydrogen-bond donors (Lipinski definition) is 1. The predicted octanol–water partition coefficient (Wildman–Crippen LogP) is 6.14. The molecule has 1 heterocycles. The van der Waals surface area contributed by atoms with Gasteiger partial charge in [0.2, 0.25) is 0 Å². The summed E-state index contributed by atoms with van der Waals surface area (Å²) in [7, 11) is 0. The van der Waals surface area contributed by atoms with Crippen LogP contribution >= 0.6 is 11.8 Å². The third-order valence-electron chi connectivity index (χ3n) is 4.16. The maximum absolute atomic E-state index is 12.8. The van der Waals surface area contributed by atoms with Gasteiger partial charge in [-0.2, -0.15) is 0 Å². The third kappa shape index (κ3) is 3.24. The van der Waals surface area contributed by atoms with Gasteiger partial charge in [-0.25, -0.2) is 0 Å². The first-order valence-electron chi connectivity index (χ1n) is 8.34. The van der Waals surface area contributed by atoms with Gasteiger partial charge in [0.1, 0.15) is 5.58 Å². The Kier molecular flexibility index (Phi) is 4.50. The summed E-state index contributed by atoms with van der Waals surface area (Å²) in [6, 6.07) is 25.5. The van der Waals surface area contributed by atoms with Gasteiger partial charge in [0.15, 0.2) is 5.76 Å². The van der Waals surface area contributed by atoms with Crippen molar-refractivity contribution in [2.75, 3.05) is 5.32 Å². The summed E-state index contributed by atoms with van der Waals surface area (Å²) < 4.78 is 5.77. The molecule has 0 unspecified atom stereocenters. The molecule has 1 amide bonds. The highest BCUT2D eigenvalue weighted by molar-refractivity contribution is 7.99. The van der Waals surface area contributed by atoms with Crippen molar-refractivity contribution in [1.29, 1.82) is 0 Å². The monoisotopic (exact) mass is 359 g/mol. The van der Waals surface area contributed by atoms with Crippen LogP contribution in [0.5, 0.6) is 0 Å². The Labute approximate surface area is 156 Å². The smallest absolute Gasteiger partial charge is 0.291 e. The fourth-order valence-corrected chi connectivity index (χ4v) is 3.77. The number of para-hydroxylation sites is 2. The minimum atomic E-state index is -0.236. The predicted molar refractivity (Wildman–Crippen MR) is 106 cm³/mol. The summed E-state index contributed by atoms with van der Waals surface area (Å²) in [6.07, 6.45) is 0. The molecule has 0 bridgehead atoms. The highest BCUT2D eigenvalue weighted by atomic mass is 32.2. The van der Waals surface area contributed by atoms with Crippen molar-refractivity contribution in [2.24, 2.45) is 0 Å². The number of anilines is 1. The molecule has 0 saturated carbocycles. The largest absolute Gasteiger partial charge is 0.451 e. The van der Waals surface area contributed by atoms with Gasteiger partial charge in [-0.3, -0.25) is 4.79 Å². The maximum atomic E-state index is 12.8. The average molecular weight is 359 g/mol. The van der Waals surface area contributed by atoms with Crippen molar-refractivity contribution in [3.63, 3.8) is 0 Å². The molecule has 3 aromatic carbocycles. The molecule has 1 aromatic heterocycles. The Balaban J connectivity index is 1.62. The van der Waals surface area contributed by atoms with Gasteiger partial charge in [-0.15, -0.1) is 0 Å². The van der Waals surface area contributed by atoms with Crippen LogP contribution in [0.1, 0.15) is 16.1 Å². The highest BCUT2D eigenvalue weighted by Gasteiger charge is 2.18. The Morgan fingerprint density at radius 1 is 0.885 bits per heavy atom. The van der Waals surface area contributed by atoms with Gasteiger partial charge in [0, 0.05) is 20.7 Å². The van der Waals surface area contributed by atoms with Crippen LogP contribution in [0.2, 0.25) is 0 Å². The first-order chi connectivity index (χ1) is 12.7. The van der Waals surface area contributed by atoms with Crippen LogP contribution < -0.4 is 5.32 Å². The van der Waals surface area contributed by atoms with E-state index in [0.29, 0.717) is 5.76 Å². The number of carbonyl (C=O) groups is 1. The van der Waals surface area contributed by atoms with E-state index in [2.05, 4.69) is 5.32 Å². The molecule has 1 N–H and O–H groups in total. The number of aryl methyl sites for hydroxylation is 1. The van der Waals surface area contributed by atoms with Gasteiger partial charge in [0.25, 0.3) is 5.91 Å². The molecule has 0 saturated heterocycles. The van der Waals surface area contributed by atoms with Crippen molar-refractivity contribution >= 4 is 34.3 Å². The zero-order valence-corrected chi connectivity index (χ0v) is 15.0. The lowest BCUT2D eigenvalue weighted by Crippen LogP contribution is -2.12. The van der Waals surface area contributed by atoms with Gasteiger partial charge in [0.05, 0.1) is 5.69 Å². The molecule has 3 nitrogen and oxygen atoms in total. The SMILES string of the molecule is Cc1c(C(=O)Nc2ccccc2Sc2ccccc2)oc2ccccc12. The standard InChI is InChI=1S/C22H17NO2S/c1-15-17-11-5-7-13-19(17)25-21(15)22(24)23-18-12-6-8-14-20(18)26-16-9-3-2-4-10-16/h2-14H,1H3,(H,23,24). The zero-order chi connectivity index (χ0) is 17.9. The van der Waals surface area contributed by atoms with Crippen LogP contribution in [0.25, 0.3) is 11.0 Å². The number of benzene rings is 3. The normalized spacial score (nSPS) is 10.8. The number of amides is 1. The van der Waals surface area contributed by atoms with Gasteiger partial charge >= 0.3 is 0 Å². The molecular formula is C22H17NO2S. The Morgan fingerprint density at radius 3 is 2.38 bits per heavy atom. The van der Waals surface area contributed by atoms with E-state index in [-0.39, 0.29) is 5.91 Å². The molecule has 128 valence electrons. The van der Waals surface area contributed by atoms with Gasteiger partial charge in [-0.05, 0) is 37.3 Å². The second-order valence-corrected chi connectivity index (χ2v) is 7.03. The molecule has 0 fully saturated rings. The second-order valence-electron chi connectivity index (χ2n) is 5.92. The van der Waals surface area contributed by atoms with Crippen molar-refractivity contribution in [3.8, 4) is 0 Å². The van der Waals surface area contributed by atoms with Crippen molar-refractivity contribution in [3.05, 3.63) is 90.2 Å². The van der Waals surface area contributed by atoms with Gasteiger partial charge in [-0.1, -0.05) is 60.3 Å². The van der Waals surface area contributed by atoms with E-state index in [1.54, 1.807) is 11.8 Å². The molecule has 0 radical (unpaired) electrons.